The van der Waals surface area contributed by atoms with Gasteiger partial charge in [-0.2, -0.15) is 5.26 Å². The molecule has 1 aromatic heterocycles. The second-order valence-corrected chi connectivity index (χ2v) is 9.41. The van der Waals surface area contributed by atoms with Gasteiger partial charge in [-0.05, 0) is 55.2 Å². The third-order valence-electron chi connectivity index (χ3n) is 4.69. The molecule has 0 saturated heterocycles. The molecule has 1 heterocycles. The minimum atomic E-state index is -3.75. The molecule has 29 heavy (non-hydrogen) atoms. The first kappa shape index (κ1) is 19.2. The van der Waals surface area contributed by atoms with Crippen molar-refractivity contribution in [2.75, 3.05) is 10.0 Å². The summed E-state index contributed by atoms with van der Waals surface area (Å²) >= 11 is 1.44. The molecule has 1 aliphatic rings. The maximum absolute atomic E-state index is 12.7. The fourth-order valence-corrected chi connectivity index (χ4v) is 5.63. The second kappa shape index (κ2) is 7.70. The van der Waals surface area contributed by atoms with Crippen LogP contribution in [-0.2, 0) is 22.9 Å². The van der Waals surface area contributed by atoms with Crippen LogP contribution in [0.15, 0.2) is 59.5 Å². The zero-order valence-electron chi connectivity index (χ0n) is 15.3. The van der Waals surface area contributed by atoms with Crippen molar-refractivity contribution in [3.05, 3.63) is 76.2 Å². The fourth-order valence-electron chi connectivity index (χ4n) is 3.32. The Morgan fingerprint density at radius 1 is 1.07 bits per heavy atom. The lowest BCUT2D eigenvalue weighted by Crippen LogP contribution is -2.15. The topological polar surface area (TPSA) is 99.1 Å². The molecule has 8 heteroatoms. The van der Waals surface area contributed by atoms with E-state index in [-0.39, 0.29) is 16.5 Å². The normalized spacial score (nSPS) is 12.8. The molecule has 4 rings (SSSR count). The number of benzene rings is 2. The monoisotopic (exact) mass is 423 g/mol. The van der Waals surface area contributed by atoms with E-state index >= 15 is 0 Å². The molecule has 1 amide bonds. The number of aryl methyl sites for hydroxylation is 1. The summed E-state index contributed by atoms with van der Waals surface area (Å²) in [6.45, 7) is 0. The van der Waals surface area contributed by atoms with E-state index in [1.807, 2.05) is 0 Å². The molecule has 146 valence electrons. The Kier molecular flexibility index (Phi) is 5.09. The number of anilines is 2. The minimum absolute atomic E-state index is 0.140. The molecular formula is C21H17N3O3S2. The number of nitrogens with one attached hydrogen (secondary N) is 2. The van der Waals surface area contributed by atoms with Crippen LogP contribution >= 0.6 is 11.3 Å². The molecule has 2 aromatic carbocycles. The van der Waals surface area contributed by atoms with Crippen LogP contribution < -0.4 is 10.0 Å². The first-order chi connectivity index (χ1) is 14.0. The summed E-state index contributed by atoms with van der Waals surface area (Å²) in [5.74, 6) is -0.387. The average molecular weight is 424 g/mol. The summed E-state index contributed by atoms with van der Waals surface area (Å²) < 4.78 is 27.5. The van der Waals surface area contributed by atoms with Crippen molar-refractivity contribution in [1.29, 1.82) is 5.26 Å². The predicted octanol–water partition coefficient (Wildman–Crippen LogP) is 4.16. The van der Waals surface area contributed by atoms with E-state index in [4.69, 9.17) is 0 Å². The summed E-state index contributed by atoms with van der Waals surface area (Å²) in [6.07, 6.45) is 2.83. The van der Waals surface area contributed by atoms with Crippen LogP contribution in [0.25, 0.3) is 0 Å². The zero-order chi connectivity index (χ0) is 20.4. The molecule has 0 bridgehead atoms. The van der Waals surface area contributed by atoms with Crippen LogP contribution in [0, 0.1) is 11.3 Å². The van der Waals surface area contributed by atoms with Crippen LogP contribution in [0.5, 0.6) is 0 Å². The van der Waals surface area contributed by atoms with E-state index in [0.29, 0.717) is 16.1 Å². The number of nitriles is 1. The highest BCUT2D eigenvalue weighted by molar-refractivity contribution is 7.92. The number of sulfonamides is 1. The SMILES string of the molecule is N#Cc1c(NC(=O)c2cccc(NS(=O)(=O)c3ccccc3)c2)sc2c1CCC2. The van der Waals surface area contributed by atoms with Gasteiger partial charge in [-0.25, -0.2) is 8.42 Å². The van der Waals surface area contributed by atoms with Gasteiger partial charge < -0.3 is 5.32 Å². The third-order valence-corrected chi connectivity index (χ3v) is 7.30. The van der Waals surface area contributed by atoms with E-state index in [0.717, 1.165) is 29.7 Å². The summed E-state index contributed by atoms with van der Waals surface area (Å²) in [6, 6.07) is 16.5. The lowest BCUT2D eigenvalue weighted by atomic mass is 10.1. The highest BCUT2D eigenvalue weighted by atomic mass is 32.2. The minimum Gasteiger partial charge on any atom is -0.312 e. The molecule has 1 aliphatic carbocycles. The maximum Gasteiger partial charge on any atom is 0.261 e. The number of fused-ring (bicyclic) bond motifs is 1. The number of hydrogen-bond donors (Lipinski definition) is 2. The fraction of sp³-hybridized carbons (Fsp3) is 0.143. The van der Waals surface area contributed by atoms with Crippen LogP contribution in [0.1, 0.15) is 32.8 Å². The number of nitrogens with zero attached hydrogens (tertiary/aromatic N) is 1. The van der Waals surface area contributed by atoms with Gasteiger partial charge in [0.1, 0.15) is 11.1 Å². The Morgan fingerprint density at radius 3 is 2.62 bits per heavy atom. The van der Waals surface area contributed by atoms with Crippen LogP contribution in [-0.4, -0.2) is 14.3 Å². The van der Waals surface area contributed by atoms with Gasteiger partial charge in [-0.1, -0.05) is 24.3 Å². The van der Waals surface area contributed by atoms with Crippen molar-refractivity contribution in [2.24, 2.45) is 0 Å². The molecule has 0 atom stereocenters. The molecule has 0 fully saturated rings. The molecular weight excluding hydrogens is 406 g/mol. The van der Waals surface area contributed by atoms with Gasteiger partial charge in [0.15, 0.2) is 0 Å². The van der Waals surface area contributed by atoms with E-state index < -0.39 is 10.0 Å². The molecule has 0 radical (unpaired) electrons. The first-order valence-corrected chi connectivity index (χ1v) is 11.3. The Balaban J connectivity index is 1.55. The van der Waals surface area contributed by atoms with Gasteiger partial charge in [0.2, 0.25) is 0 Å². The standard InChI is InChI=1S/C21H17N3O3S2/c22-13-18-17-10-5-11-19(17)28-21(18)23-20(25)14-6-4-7-15(12-14)24-29(26,27)16-8-2-1-3-9-16/h1-4,6-9,12,24H,5,10-11H2,(H,23,25). The predicted molar refractivity (Wildman–Crippen MR) is 113 cm³/mol. The van der Waals surface area contributed by atoms with Crippen molar-refractivity contribution in [3.63, 3.8) is 0 Å². The molecule has 0 aliphatic heterocycles. The molecule has 0 unspecified atom stereocenters. The van der Waals surface area contributed by atoms with Gasteiger partial charge in [0, 0.05) is 16.1 Å². The zero-order valence-corrected chi connectivity index (χ0v) is 16.9. The van der Waals surface area contributed by atoms with Gasteiger partial charge in [-0.15, -0.1) is 11.3 Å². The quantitative estimate of drug-likeness (QED) is 0.644. The largest absolute Gasteiger partial charge is 0.312 e. The van der Waals surface area contributed by atoms with E-state index in [1.165, 1.54) is 29.5 Å². The summed E-state index contributed by atoms with van der Waals surface area (Å²) in [5.41, 5.74) is 2.17. The van der Waals surface area contributed by atoms with Gasteiger partial charge in [-0.3, -0.25) is 9.52 Å². The molecule has 6 nitrogen and oxygen atoms in total. The molecule has 0 saturated carbocycles. The first-order valence-electron chi connectivity index (χ1n) is 9.02. The summed E-state index contributed by atoms with van der Waals surface area (Å²) in [7, 11) is -3.75. The van der Waals surface area contributed by atoms with Crippen LogP contribution in [0.2, 0.25) is 0 Å². The maximum atomic E-state index is 12.7. The Labute approximate surface area is 172 Å². The highest BCUT2D eigenvalue weighted by Crippen LogP contribution is 2.38. The van der Waals surface area contributed by atoms with Crippen molar-refractivity contribution < 1.29 is 13.2 Å². The van der Waals surface area contributed by atoms with Crippen LogP contribution in [0.4, 0.5) is 10.7 Å². The Bertz CT molecular complexity index is 1230. The third kappa shape index (κ3) is 3.88. The number of rotatable bonds is 5. The van der Waals surface area contributed by atoms with Crippen LogP contribution in [0.3, 0.4) is 0 Å². The van der Waals surface area contributed by atoms with Crippen molar-refractivity contribution in [3.8, 4) is 6.07 Å². The highest BCUT2D eigenvalue weighted by Gasteiger charge is 2.23. The molecule has 2 N–H and O–H groups in total. The molecule has 0 spiro atoms. The lowest BCUT2D eigenvalue weighted by molar-refractivity contribution is 0.102. The number of amides is 1. The summed E-state index contributed by atoms with van der Waals surface area (Å²) in [4.78, 5) is 14.0. The smallest absolute Gasteiger partial charge is 0.261 e. The van der Waals surface area contributed by atoms with Crippen molar-refractivity contribution >= 4 is 38.0 Å². The van der Waals surface area contributed by atoms with E-state index in [1.54, 1.807) is 36.4 Å². The van der Waals surface area contributed by atoms with Crippen molar-refractivity contribution in [1.82, 2.24) is 0 Å². The molecule has 3 aromatic rings. The van der Waals surface area contributed by atoms with Crippen molar-refractivity contribution in [2.45, 2.75) is 24.2 Å². The van der Waals surface area contributed by atoms with Gasteiger partial charge in [0.05, 0.1) is 10.5 Å². The number of carbonyl (C=O) groups is 1. The number of hydrogen-bond acceptors (Lipinski definition) is 5. The Hall–Kier alpha value is -3.15. The number of thiophene rings is 1. The second-order valence-electron chi connectivity index (χ2n) is 6.63. The lowest BCUT2D eigenvalue weighted by Gasteiger charge is -2.10. The van der Waals surface area contributed by atoms with E-state index in [2.05, 4.69) is 16.1 Å². The van der Waals surface area contributed by atoms with E-state index in [9.17, 15) is 18.5 Å². The number of carbonyl (C=O) groups excluding carboxylic acids is 1. The average Bonchev–Trinajstić information content (AvgIpc) is 3.29. The summed E-state index contributed by atoms with van der Waals surface area (Å²) in [5, 5.41) is 12.8. The Morgan fingerprint density at radius 2 is 1.86 bits per heavy atom. The van der Waals surface area contributed by atoms with Gasteiger partial charge >= 0.3 is 0 Å². The van der Waals surface area contributed by atoms with Gasteiger partial charge in [0.25, 0.3) is 15.9 Å².